The number of benzene rings is 1. The number of hydrogen-bond acceptors (Lipinski definition) is 4. The quantitative estimate of drug-likeness (QED) is 0.174. The van der Waals surface area contributed by atoms with Crippen molar-refractivity contribution in [1.82, 2.24) is 20.3 Å². The van der Waals surface area contributed by atoms with Gasteiger partial charge in [-0.1, -0.05) is 18.2 Å². The van der Waals surface area contributed by atoms with Gasteiger partial charge >= 0.3 is 0 Å². The van der Waals surface area contributed by atoms with Gasteiger partial charge in [0.15, 0.2) is 5.96 Å². The smallest absolute Gasteiger partial charge is 0.241 e. The lowest BCUT2D eigenvalue weighted by Crippen LogP contribution is -2.42. The van der Waals surface area contributed by atoms with Crippen LogP contribution >= 0.6 is 24.0 Å². The lowest BCUT2D eigenvalue weighted by atomic mass is 10.1. The van der Waals surface area contributed by atoms with Crippen LogP contribution in [0.15, 0.2) is 34.2 Å². The maximum Gasteiger partial charge on any atom is 0.241 e. The second-order valence-corrected chi connectivity index (χ2v) is 10.7. The molecule has 0 atom stereocenters. The van der Waals surface area contributed by atoms with Gasteiger partial charge in [-0.2, -0.15) is 0 Å². The zero-order valence-corrected chi connectivity index (χ0v) is 23.5. The van der Waals surface area contributed by atoms with E-state index in [-0.39, 0.29) is 28.9 Å². The molecular formula is C22H42IN5O2S. The molecule has 0 unspecified atom stereocenters. The molecule has 0 aliphatic rings. The number of sulfonamides is 1. The van der Waals surface area contributed by atoms with Crippen LogP contribution in [0.2, 0.25) is 0 Å². The zero-order chi connectivity index (χ0) is 22.9. The minimum atomic E-state index is -3.61. The van der Waals surface area contributed by atoms with Gasteiger partial charge in [-0.05, 0) is 66.5 Å². The van der Waals surface area contributed by atoms with Gasteiger partial charge in [0, 0.05) is 44.3 Å². The van der Waals surface area contributed by atoms with E-state index < -0.39 is 15.6 Å². The van der Waals surface area contributed by atoms with Crippen LogP contribution in [0.1, 0.15) is 60.5 Å². The minimum Gasteiger partial charge on any atom is -0.356 e. The average Bonchev–Trinajstić information content (AvgIpc) is 2.61. The summed E-state index contributed by atoms with van der Waals surface area (Å²) >= 11 is 0. The van der Waals surface area contributed by atoms with Crippen LogP contribution in [-0.4, -0.2) is 57.0 Å². The third-order valence-electron chi connectivity index (χ3n) is 4.58. The number of guanidine groups is 1. The SMILES string of the molecule is CN=C(NCCCN(C(C)C)C(C)C)NCc1ccccc1S(=O)(=O)NC(C)(C)C.I. The Kier molecular flexibility index (Phi) is 13.2. The summed E-state index contributed by atoms with van der Waals surface area (Å²) in [5.41, 5.74) is 0.152. The van der Waals surface area contributed by atoms with Crippen molar-refractivity contribution < 1.29 is 8.42 Å². The van der Waals surface area contributed by atoms with E-state index in [1.165, 1.54) is 0 Å². The van der Waals surface area contributed by atoms with Gasteiger partial charge in [0.1, 0.15) is 0 Å². The summed E-state index contributed by atoms with van der Waals surface area (Å²) in [6, 6.07) is 8.07. The van der Waals surface area contributed by atoms with Crippen molar-refractivity contribution in [2.24, 2.45) is 4.99 Å². The molecule has 0 saturated heterocycles. The third-order valence-corrected chi connectivity index (χ3v) is 6.44. The molecule has 1 aromatic carbocycles. The average molecular weight is 568 g/mol. The molecule has 0 amide bonds. The summed E-state index contributed by atoms with van der Waals surface area (Å²) in [5.74, 6) is 0.659. The fraction of sp³-hybridized carbons (Fsp3) is 0.682. The first kappa shape index (κ1) is 30.1. The Morgan fingerprint density at radius 1 is 1.06 bits per heavy atom. The number of rotatable bonds is 10. The molecule has 7 nitrogen and oxygen atoms in total. The van der Waals surface area contributed by atoms with Crippen LogP contribution in [0.4, 0.5) is 0 Å². The zero-order valence-electron chi connectivity index (χ0n) is 20.3. The fourth-order valence-corrected chi connectivity index (χ4v) is 5.01. The molecule has 1 rings (SSSR count). The molecule has 0 aromatic heterocycles. The highest BCUT2D eigenvalue weighted by atomic mass is 127. The third kappa shape index (κ3) is 11.0. The molecule has 3 N–H and O–H groups in total. The van der Waals surface area contributed by atoms with Crippen LogP contribution < -0.4 is 15.4 Å². The number of nitrogens with one attached hydrogen (secondary N) is 3. The molecule has 31 heavy (non-hydrogen) atoms. The summed E-state index contributed by atoms with van der Waals surface area (Å²) in [6.45, 7) is 16.5. The van der Waals surface area contributed by atoms with Crippen LogP contribution in [-0.2, 0) is 16.6 Å². The highest BCUT2D eigenvalue weighted by Gasteiger charge is 2.24. The molecule has 0 radical (unpaired) electrons. The Balaban J connectivity index is 0.00000900. The maximum atomic E-state index is 12.8. The van der Waals surface area contributed by atoms with E-state index in [1.54, 1.807) is 19.2 Å². The Bertz CT molecular complexity index is 781. The fourth-order valence-electron chi connectivity index (χ4n) is 3.35. The van der Waals surface area contributed by atoms with E-state index in [0.29, 0.717) is 30.2 Å². The van der Waals surface area contributed by atoms with Crippen molar-refractivity contribution in [3.05, 3.63) is 29.8 Å². The Hall–Kier alpha value is -0.910. The normalized spacial score (nSPS) is 12.9. The Labute approximate surface area is 206 Å². The van der Waals surface area contributed by atoms with Crippen molar-refractivity contribution in [2.45, 2.75) is 83.9 Å². The first-order valence-corrected chi connectivity index (χ1v) is 12.2. The maximum absolute atomic E-state index is 12.8. The molecule has 0 saturated carbocycles. The van der Waals surface area contributed by atoms with Gasteiger partial charge in [0.05, 0.1) is 4.90 Å². The summed E-state index contributed by atoms with van der Waals surface area (Å²) < 4.78 is 28.3. The van der Waals surface area contributed by atoms with Gasteiger partial charge in [0.25, 0.3) is 0 Å². The van der Waals surface area contributed by atoms with Crippen LogP contribution in [0.3, 0.4) is 0 Å². The topological polar surface area (TPSA) is 85.8 Å². The molecule has 9 heteroatoms. The Morgan fingerprint density at radius 3 is 2.16 bits per heavy atom. The molecule has 180 valence electrons. The second-order valence-electron chi connectivity index (χ2n) is 9.09. The van der Waals surface area contributed by atoms with E-state index in [2.05, 4.69) is 52.9 Å². The van der Waals surface area contributed by atoms with E-state index in [0.717, 1.165) is 19.5 Å². The van der Waals surface area contributed by atoms with Gasteiger partial charge in [-0.25, -0.2) is 13.1 Å². The van der Waals surface area contributed by atoms with Crippen LogP contribution in [0, 0.1) is 0 Å². The van der Waals surface area contributed by atoms with Crippen LogP contribution in [0.25, 0.3) is 0 Å². The lowest BCUT2D eigenvalue weighted by Gasteiger charge is -2.30. The van der Waals surface area contributed by atoms with Crippen molar-refractivity contribution in [1.29, 1.82) is 0 Å². The molecule has 0 fully saturated rings. The summed E-state index contributed by atoms with van der Waals surface area (Å²) in [6.07, 6.45) is 0.998. The highest BCUT2D eigenvalue weighted by Crippen LogP contribution is 2.17. The summed E-state index contributed by atoms with van der Waals surface area (Å²) in [7, 11) is -1.89. The van der Waals surface area contributed by atoms with Gasteiger partial charge < -0.3 is 10.6 Å². The molecule has 1 aromatic rings. The molecule has 0 bridgehead atoms. The predicted molar refractivity (Wildman–Crippen MR) is 142 cm³/mol. The lowest BCUT2D eigenvalue weighted by molar-refractivity contribution is 0.173. The van der Waals surface area contributed by atoms with Crippen molar-refractivity contribution >= 4 is 40.0 Å². The van der Waals surface area contributed by atoms with Crippen LogP contribution in [0.5, 0.6) is 0 Å². The standard InChI is InChI=1S/C22H41N5O2S.HI/c1-17(2)27(18(3)4)15-11-14-24-21(23-8)25-16-19-12-9-10-13-20(19)30(28,29)26-22(5,6)7;/h9-10,12-13,17-18,26H,11,14-16H2,1-8H3,(H2,23,24,25);1H. The number of halogens is 1. The summed E-state index contributed by atoms with van der Waals surface area (Å²) in [5, 5.41) is 6.54. The van der Waals surface area contributed by atoms with Crippen molar-refractivity contribution in [3.8, 4) is 0 Å². The van der Waals surface area contributed by atoms with E-state index in [4.69, 9.17) is 0 Å². The number of nitrogens with zero attached hydrogens (tertiary/aromatic N) is 2. The van der Waals surface area contributed by atoms with Crippen molar-refractivity contribution in [3.63, 3.8) is 0 Å². The van der Waals surface area contributed by atoms with E-state index in [1.807, 2.05) is 32.9 Å². The highest BCUT2D eigenvalue weighted by molar-refractivity contribution is 14.0. The molecule has 0 spiro atoms. The van der Waals surface area contributed by atoms with Crippen molar-refractivity contribution in [2.75, 3.05) is 20.1 Å². The van der Waals surface area contributed by atoms with E-state index in [9.17, 15) is 8.42 Å². The molecule has 0 heterocycles. The van der Waals surface area contributed by atoms with Gasteiger partial charge in [-0.15, -0.1) is 24.0 Å². The Morgan fingerprint density at radius 2 is 1.65 bits per heavy atom. The molecular weight excluding hydrogens is 525 g/mol. The first-order chi connectivity index (χ1) is 13.9. The largest absolute Gasteiger partial charge is 0.356 e. The van der Waals surface area contributed by atoms with E-state index >= 15 is 0 Å². The minimum absolute atomic E-state index is 0. The molecule has 0 aliphatic carbocycles. The second kappa shape index (κ2) is 13.6. The number of aliphatic imine (C=N–C) groups is 1. The predicted octanol–water partition coefficient (Wildman–Crippen LogP) is 3.56. The first-order valence-electron chi connectivity index (χ1n) is 10.7. The monoisotopic (exact) mass is 567 g/mol. The molecule has 0 aliphatic heterocycles. The van der Waals surface area contributed by atoms with Gasteiger partial charge in [-0.3, -0.25) is 9.89 Å². The van der Waals surface area contributed by atoms with Gasteiger partial charge in [0.2, 0.25) is 10.0 Å². The number of hydrogen-bond donors (Lipinski definition) is 3. The summed E-state index contributed by atoms with van der Waals surface area (Å²) in [4.78, 5) is 7.00.